The summed E-state index contributed by atoms with van der Waals surface area (Å²) in [6.07, 6.45) is 2.14. The molecular weight excluding hydrogens is 283 g/mol. The molecule has 1 N–H and O–H groups in total. The lowest BCUT2D eigenvalue weighted by molar-refractivity contribution is 0.0787. The monoisotopic (exact) mass is 300 g/mol. The van der Waals surface area contributed by atoms with Gasteiger partial charge in [0.25, 0.3) is 5.91 Å². The zero-order valence-electron chi connectivity index (χ0n) is 12.3. The van der Waals surface area contributed by atoms with Crippen molar-refractivity contribution in [1.29, 1.82) is 0 Å². The molecule has 5 heteroatoms. The summed E-state index contributed by atoms with van der Waals surface area (Å²) in [5, 5.41) is 9.83. The predicted molar refractivity (Wildman–Crippen MR) is 80.3 cm³/mol. The first-order chi connectivity index (χ1) is 10.5. The zero-order valence-corrected chi connectivity index (χ0v) is 12.3. The Hall–Kier alpha value is -2.43. The number of hydrogen-bond donors (Lipinski definition) is 1. The van der Waals surface area contributed by atoms with Crippen LogP contribution in [0.1, 0.15) is 34.0 Å². The van der Waals surface area contributed by atoms with Gasteiger partial charge in [-0.3, -0.25) is 9.78 Å². The summed E-state index contributed by atoms with van der Waals surface area (Å²) in [5.41, 5.74) is 2.01. The fourth-order valence-electron chi connectivity index (χ4n) is 2.85. The first-order valence-corrected chi connectivity index (χ1v) is 7.25. The number of hydrogen-bond acceptors (Lipinski definition) is 3. The van der Waals surface area contributed by atoms with Crippen LogP contribution in [-0.4, -0.2) is 34.0 Å². The van der Waals surface area contributed by atoms with Crippen LogP contribution >= 0.6 is 0 Å². The lowest BCUT2D eigenvalue weighted by atomic mass is 9.98. The van der Waals surface area contributed by atoms with Gasteiger partial charge in [0, 0.05) is 24.7 Å². The molecule has 0 spiro atoms. The highest BCUT2D eigenvalue weighted by Gasteiger charge is 2.29. The van der Waals surface area contributed by atoms with Crippen LogP contribution in [0.25, 0.3) is 0 Å². The summed E-state index contributed by atoms with van der Waals surface area (Å²) in [4.78, 5) is 18.2. The van der Waals surface area contributed by atoms with Crippen molar-refractivity contribution in [3.8, 4) is 5.75 Å². The lowest BCUT2D eigenvalue weighted by Crippen LogP contribution is -2.28. The van der Waals surface area contributed by atoms with Crippen molar-refractivity contribution in [1.82, 2.24) is 9.88 Å². The van der Waals surface area contributed by atoms with Crippen LogP contribution in [0, 0.1) is 12.7 Å². The lowest BCUT2D eigenvalue weighted by Gasteiger charge is -2.17. The SMILES string of the molecule is Cc1cc(C(=O)N2CCC(c3ccc(F)cc3)C2)c(O)cn1. The fourth-order valence-corrected chi connectivity index (χ4v) is 2.85. The van der Waals surface area contributed by atoms with Crippen molar-refractivity contribution < 1.29 is 14.3 Å². The Balaban J connectivity index is 1.76. The molecule has 22 heavy (non-hydrogen) atoms. The number of carbonyl (C=O) groups is 1. The third-order valence-corrected chi connectivity index (χ3v) is 4.07. The maximum Gasteiger partial charge on any atom is 0.257 e. The van der Waals surface area contributed by atoms with Crippen LogP contribution in [0.4, 0.5) is 4.39 Å². The molecule has 1 aromatic heterocycles. The van der Waals surface area contributed by atoms with Crippen molar-refractivity contribution in [2.75, 3.05) is 13.1 Å². The third-order valence-electron chi connectivity index (χ3n) is 4.07. The van der Waals surface area contributed by atoms with Gasteiger partial charge in [-0.05, 0) is 37.1 Å². The van der Waals surface area contributed by atoms with E-state index in [2.05, 4.69) is 4.98 Å². The van der Waals surface area contributed by atoms with Crippen molar-refractivity contribution in [3.63, 3.8) is 0 Å². The van der Waals surface area contributed by atoms with E-state index in [4.69, 9.17) is 0 Å². The van der Waals surface area contributed by atoms with Crippen molar-refractivity contribution in [2.45, 2.75) is 19.3 Å². The van der Waals surface area contributed by atoms with Crippen molar-refractivity contribution >= 4 is 5.91 Å². The van der Waals surface area contributed by atoms with Gasteiger partial charge < -0.3 is 10.0 Å². The van der Waals surface area contributed by atoms with E-state index in [1.54, 1.807) is 30.0 Å². The Bertz CT molecular complexity index is 700. The highest BCUT2D eigenvalue weighted by Crippen LogP contribution is 2.29. The molecule has 114 valence electrons. The Labute approximate surface area is 128 Å². The van der Waals surface area contributed by atoms with E-state index in [0.29, 0.717) is 18.8 Å². The Kier molecular flexibility index (Phi) is 3.79. The number of nitrogens with zero attached hydrogens (tertiary/aromatic N) is 2. The number of benzene rings is 1. The molecule has 4 nitrogen and oxygen atoms in total. The number of aromatic nitrogens is 1. The van der Waals surface area contributed by atoms with E-state index in [1.165, 1.54) is 18.3 Å². The molecule has 1 saturated heterocycles. The van der Waals surface area contributed by atoms with Gasteiger partial charge in [0.05, 0.1) is 11.8 Å². The molecule has 1 aliphatic heterocycles. The Morgan fingerprint density at radius 3 is 2.82 bits per heavy atom. The molecule has 3 rings (SSSR count). The second-order valence-corrected chi connectivity index (χ2v) is 5.63. The number of pyridine rings is 1. The summed E-state index contributed by atoms with van der Waals surface area (Å²) in [6, 6.07) is 8.02. The minimum Gasteiger partial charge on any atom is -0.505 e. The van der Waals surface area contributed by atoms with E-state index in [1.807, 2.05) is 0 Å². The number of rotatable bonds is 2. The molecule has 1 amide bonds. The molecule has 1 aliphatic rings. The minimum absolute atomic E-state index is 0.0965. The average Bonchev–Trinajstić information content (AvgIpc) is 2.99. The summed E-state index contributed by atoms with van der Waals surface area (Å²) >= 11 is 0. The highest BCUT2D eigenvalue weighted by atomic mass is 19.1. The molecule has 0 radical (unpaired) electrons. The van der Waals surface area contributed by atoms with Gasteiger partial charge in [-0.15, -0.1) is 0 Å². The van der Waals surface area contributed by atoms with Gasteiger partial charge in [-0.2, -0.15) is 0 Å². The second kappa shape index (κ2) is 5.75. The van der Waals surface area contributed by atoms with Gasteiger partial charge >= 0.3 is 0 Å². The van der Waals surface area contributed by atoms with Crippen LogP contribution in [0.2, 0.25) is 0 Å². The summed E-state index contributed by atoms with van der Waals surface area (Å²) in [6.45, 7) is 2.98. The van der Waals surface area contributed by atoms with Gasteiger partial charge in [-0.1, -0.05) is 12.1 Å². The molecule has 0 bridgehead atoms. The number of aromatic hydroxyl groups is 1. The second-order valence-electron chi connectivity index (χ2n) is 5.63. The minimum atomic E-state index is -0.258. The molecular formula is C17H17FN2O2. The normalized spacial score (nSPS) is 17.7. The van der Waals surface area contributed by atoms with Crippen LogP contribution in [-0.2, 0) is 0 Å². The molecule has 1 aromatic carbocycles. The summed E-state index contributed by atoms with van der Waals surface area (Å²) < 4.78 is 13.0. The first-order valence-electron chi connectivity index (χ1n) is 7.25. The van der Waals surface area contributed by atoms with Crippen LogP contribution < -0.4 is 0 Å². The number of halogens is 1. The number of amides is 1. The molecule has 1 atom stereocenters. The maximum atomic E-state index is 13.0. The standard InChI is InChI=1S/C17H17FN2O2/c1-11-8-15(16(21)9-19-11)17(22)20-7-6-13(10-20)12-2-4-14(18)5-3-12/h2-5,8-9,13,21H,6-7,10H2,1H3. The van der Waals surface area contributed by atoms with Crippen LogP contribution in [0.15, 0.2) is 36.5 Å². The molecule has 2 heterocycles. The third kappa shape index (κ3) is 2.79. The molecule has 0 aliphatic carbocycles. The number of aryl methyl sites for hydroxylation is 1. The van der Waals surface area contributed by atoms with E-state index >= 15 is 0 Å². The fraction of sp³-hybridized carbons (Fsp3) is 0.294. The van der Waals surface area contributed by atoms with E-state index in [0.717, 1.165) is 12.0 Å². The molecule has 1 unspecified atom stereocenters. The highest BCUT2D eigenvalue weighted by molar-refractivity contribution is 5.97. The molecule has 1 fully saturated rings. The quantitative estimate of drug-likeness (QED) is 0.928. The zero-order chi connectivity index (χ0) is 15.7. The Morgan fingerprint density at radius 2 is 2.09 bits per heavy atom. The average molecular weight is 300 g/mol. The van der Waals surface area contributed by atoms with Crippen LogP contribution in [0.5, 0.6) is 5.75 Å². The largest absolute Gasteiger partial charge is 0.505 e. The van der Waals surface area contributed by atoms with Crippen molar-refractivity contribution in [2.24, 2.45) is 0 Å². The summed E-state index contributed by atoms with van der Waals surface area (Å²) in [5.74, 6) is -0.338. The number of carbonyl (C=O) groups excluding carboxylic acids is 1. The van der Waals surface area contributed by atoms with Gasteiger partial charge in [0.15, 0.2) is 0 Å². The number of likely N-dealkylation sites (tertiary alicyclic amines) is 1. The molecule has 0 saturated carbocycles. The van der Waals surface area contributed by atoms with Gasteiger partial charge in [-0.25, -0.2) is 4.39 Å². The van der Waals surface area contributed by atoms with E-state index in [9.17, 15) is 14.3 Å². The first kappa shape index (κ1) is 14.5. The van der Waals surface area contributed by atoms with Crippen molar-refractivity contribution in [3.05, 3.63) is 59.2 Å². The van der Waals surface area contributed by atoms with Crippen LogP contribution in [0.3, 0.4) is 0 Å². The predicted octanol–water partition coefficient (Wildman–Crippen LogP) is 2.86. The maximum absolute atomic E-state index is 13.0. The topological polar surface area (TPSA) is 53.4 Å². The Morgan fingerprint density at radius 1 is 1.36 bits per heavy atom. The van der Waals surface area contributed by atoms with E-state index < -0.39 is 0 Å². The molecule has 2 aromatic rings. The smallest absolute Gasteiger partial charge is 0.257 e. The van der Waals surface area contributed by atoms with Gasteiger partial charge in [0.1, 0.15) is 11.6 Å². The summed E-state index contributed by atoms with van der Waals surface area (Å²) in [7, 11) is 0. The van der Waals surface area contributed by atoms with Gasteiger partial charge in [0.2, 0.25) is 0 Å². The van der Waals surface area contributed by atoms with E-state index in [-0.39, 0.29) is 29.0 Å².